The van der Waals surface area contributed by atoms with Gasteiger partial charge in [-0.1, -0.05) is 26.7 Å². The Morgan fingerprint density at radius 1 is 1.11 bits per heavy atom. The molecule has 0 radical (unpaired) electrons. The van der Waals surface area contributed by atoms with Crippen LogP contribution in [0.5, 0.6) is 0 Å². The second-order valence-electron chi connectivity index (χ2n) is 5.85. The van der Waals surface area contributed by atoms with Crippen molar-refractivity contribution in [2.24, 2.45) is 5.92 Å². The molecule has 0 aromatic rings. The molecule has 1 rings (SSSR count). The molecule has 4 nitrogen and oxygen atoms in total. The van der Waals surface area contributed by atoms with Crippen molar-refractivity contribution in [1.29, 1.82) is 0 Å². The molecule has 1 saturated carbocycles. The molecule has 1 aliphatic carbocycles. The van der Waals surface area contributed by atoms with Gasteiger partial charge in [-0.2, -0.15) is 0 Å². The Balaban J connectivity index is 2.25. The predicted octanol–water partition coefficient (Wildman–Crippen LogP) is 2.26. The van der Waals surface area contributed by atoms with E-state index in [1.807, 2.05) is 0 Å². The molecule has 1 aliphatic rings. The van der Waals surface area contributed by atoms with E-state index in [0.29, 0.717) is 6.42 Å². The molecule has 0 aliphatic heterocycles. The maximum atomic E-state index is 12.0. The highest BCUT2D eigenvalue weighted by atomic mass is 32.2. The number of nitrogens with one attached hydrogen (secondary N) is 2. The van der Waals surface area contributed by atoms with Gasteiger partial charge in [0.05, 0.1) is 5.75 Å². The van der Waals surface area contributed by atoms with Crippen LogP contribution < -0.4 is 10.0 Å². The molecule has 2 atom stereocenters. The molecular formula is C14H30N2O2S. The van der Waals surface area contributed by atoms with E-state index in [9.17, 15) is 8.42 Å². The van der Waals surface area contributed by atoms with Crippen LogP contribution in [0.4, 0.5) is 0 Å². The highest BCUT2D eigenvalue weighted by Gasteiger charge is 2.20. The minimum absolute atomic E-state index is 0.165. The first-order valence-electron chi connectivity index (χ1n) is 7.74. The Kier molecular flexibility index (Phi) is 7.95. The lowest BCUT2D eigenvalue weighted by Crippen LogP contribution is -2.36. The molecule has 114 valence electrons. The van der Waals surface area contributed by atoms with Gasteiger partial charge in [0, 0.05) is 6.04 Å². The second kappa shape index (κ2) is 8.93. The number of sulfonamides is 1. The van der Waals surface area contributed by atoms with E-state index >= 15 is 0 Å². The van der Waals surface area contributed by atoms with Crippen molar-refractivity contribution in [3.63, 3.8) is 0 Å². The lowest BCUT2D eigenvalue weighted by atomic mass is 10.0. The van der Waals surface area contributed by atoms with Crippen LogP contribution in [-0.2, 0) is 10.0 Å². The lowest BCUT2D eigenvalue weighted by molar-refractivity contribution is 0.484. The van der Waals surface area contributed by atoms with E-state index in [1.165, 1.54) is 6.42 Å². The van der Waals surface area contributed by atoms with Gasteiger partial charge >= 0.3 is 0 Å². The predicted molar refractivity (Wildman–Crippen MR) is 80.7 cm³/mol. The fourth-order valence-electron chi connectivity index (χ4n) is 2.61. The minimum atomic E-state index is -3.09. The quantitative estimate of drug-likeness (QED) is 0.532. The van der Waals surface area contributed by atoms with Crippen molar-refractivity contribution in [3.8, 4) is 0 Å². The summed E-state index contributed by atoms with van der Waals surface area (Å²) in [4.78, 5) is 0. The van der Waals surface area contributed by atoms with Crippen LogP contribution in [-0.4, -0.2) is 33.3 Å². The second-order valence-corrected chi connectivity index (χ2v) is 7.72. The summed E-state index contributed by atoms with van der Waals surface area (Å²) in [6.07, 6.45) is 7.30. The number of hydrogen-bond acceptors (Lipinski definition) is 3. The number of hydrogen-bond donors (Lipinski definition) is 2. The lowest BCUT2D eigenvalue weighted by Gasteiger charge is -2.16. The van der Waals surface area contributed by atoms with Gasteiger partial charge in [-0.3, -0.25) is 0 Å². The summed E-state index contributed by atoms with van der Waals surface area (Å²) in [6, 6.07) is 0.165. The highest BCUT2D eigenvalue weighted by Crippen LogP contribution is 2.22. The molecule has 0 aromatic heterocycles. The summed E-state index contributed by atoms with van der Waals surface area (Å²) in [7, 11) is -3.09. The van der Waals surface area contributed by atoms with E-state index in [1.54, 1.807) is 0 Å². The van der Waals surface area contributed by atoms with Gasteiger partial charge in [0.1, 0.15) is 0 Å². The normalized spacial score (nSPS) is 25.2. The minimum Gasteiger partial charge on any atom is -0.317 e. The Labute approximate surface area is 118 Å². The largest absolute Gasteiger partial charge is 0.317 e. The van der Waals surface area contributed by atoms with Crippen molar-refractivity contribution in [2.45, 2.75) is 64.8 Å². The summed E-state index contributed by atoms with van der Waals surface area (Å²) >= 11 is 0. The van der Waals surface area contributed by atoms with Crippen molar-refractivity contribution in [1.82, 2.24) is 10.0 Å². The van der Waals surface area contributed by atoms with E-state index in [2.05, 4.69) is 23.9 Å². The first kappa shape index (κ1) is 16.9. The third kappa shape index (κ3) is 7.90. The Morgan fingerprint density at radius 2 is 1.89 bits per heavy atom. The molecule has 0 amide bonds. The smallest absolute Gasteiger partial charge is 0.211 e. The van der Waals surface area contributed by atoms with E-state index < -0.39 is 10.0 Å². The molecule has 0 bridgehead atoms. The number of rotatable bonds is 8. The Morgan fingerprint density at radius 3 is 2.63 bits per heavy atom. The summed E-state index contributed by atoms with van der Waals surface area (Å²) < 4.78 is 26.9. The van der Waals surface area contributed by atoms with Crippen LogP contribution in [0.15, 0.2) is 0 Å². The van der Waals surface area contributed by atoms with Crippen LogP contribution in [0.3, 0.4) is 0 Å². The van der Waals surface area contributed by atoms with Crippen molar-refractivity contribution in [2.75, 3.05) is 18.8 Å². The molecular weight excluding hydrogens is 260 g/mol. The first-order valence-corrected chi connectivity index (χ1v) is 9.39. The van der Waals surface area contributed by atoms with Crippen LogP contribution in [0.2, 0.25) is 0 Å². The molecule has 2 N–H and O–H groups in total. The van der Waals surface area contributed by atoms with Gasteiger partial charge in [-0.15, -0.1) is 0 Å². The van der Waals surface area contributed by atoms with Crippen LogP contribution in [0, 0.1) is 5.92 Å². The van der Waals surface area contributed by atoms with Gasteiger partial charge in [-0.05, 0) is 51.1 Å². The van der Waals surface area contributed by atoms with Gasteiger partial charge < -0.3 is 5.32 Å². The van der Waals surface area contributed by atoms with Crippen molar-refractivity contribution in [3.05, 3.63) is 0 Å². The Bertz CT molecular complexity index is 330. The van der Waals surface area contributed by atoms with Gasteiger partial charge in [-0.25, -0.2) is 13.1 Å². The fraction of sp³-hybridized carbons (Fsp3) is 1.00. The standard InChI is InChI=1S/C14H30N2O2S/c1-3-10-15-11-5-12-19(17,18)16-14-7-4-6-13(2)8-9-14/h13-16H,3-12H2,1-2H3. The van der Waals surface area contributed by atoms with Crippen LogP contribution >= 0.6 is 0 Å². The van der Waals surface area contributed by atoms with E-state index in [4.69, 9.17) is 0 Å². The van der Waals surface area contributed by atoms with E-state index in [-0.39, 0.29) is 11.8 Å². The van der Waals surface area contributed by atoms with Gasteiger partial charge in [0.15, 0.2) is 0 Å². The zero-order valence-corrected chi connectivity index (χ0v) is 13.3. The zero-order chi connectivity index (χ0) is 14.1. The molecule has 1 fully saturated rings. The monoisotopic (exact) mass is 290 g/mol. The molecule has 0 heterocycles. The molecule has 0 spiro atoms. The van der Waals surface area contributed by atoms with Crippen LogP contribution in [0.1, 0.15) is 58.8 Å². The maximum Gasteiger partial charge on any atom is 0.211 e. The van der Waals surface area contributed by atoms with Crippen LogP contribution in [0.25, 0.3) is 0 Å². The highest BCUT2D eigenvalue weighted by molar-refractivity contribution is 7.89. The molecule has 0 aromatic carbocycles. The third-order valence-electron chi connectivity index (χ3n) is 3.80. The fourth-order valence-corrected chi connectivity index (χ4v) is 3.99. The maximum absolute atomic E-state index is 12.0. The third-order valence-corrected chi connectivity index (χ3v) is 5.32. The molecule has 19 heavy (non-hydrogen) atoms. The van der Waals surface area contributed by atoms with Crippen molar-refractivity contribution < 1.29 is 8.42 Å². The average Bonchev–Trinajstić information content (AvgIpc) is 2.54. The molecule has 5 heteroatoms. The first-order chi connectivity index (χ1) is 9.03. The SMILES string of the molecule is CCCNCCCS(=O)(=O)NC1CCCC(C)CC1. The molecule has 0 saturated heterocycles. The van der Waals surface area contributed by atoms with Gasteiger partial charge in [0.25, 0.3) is 0 Å². The summed E-state index contributed by atoms with van der Waals surface area (Å²) in [5, 5.41) is 3.23. The van der Waals surface area contributed by atoms with E-state index in [0.717, 1.165) is 51.1 Å². The topological polar surface area (TPSA) is 58.2 Å². The Hall–Kier alpha value is -0.130. The summed E-state index contributed by atoms with van der Waals surface area (Å²) in [5.41, 5.74) is 0. The average molecular weight is 290 g/mol. The summed E-state index contributed by atoms with van der Waals surface area (Å²) in [5.74, 6) is 0.989. The van der Waals surface area contributed by atoms with Gasteiger partial charge in [0.2, 0.25) is 10.0 Å². The van der Waals surface area contributed by atoms with Crippen molar-refractivity contribution >= 4 is 10.0 Å². The molecule has 2 unspecified atom stereocenters. The zero-order valence-electron chi connectivity index (χ0n) is 12.5. The summed E-state index contributed by atoms with van der Waals surface area (Å²) in [6.45, 7) is 6.12.